The van der Waals surface area contributed by atoms with Crippen molar-refractivity contribution in [2.45, 2.75) is 6.36 Å². The quantitative estimate of drug-likeness (QED) is 0.551. The standard InChI is InChI=1S/C17H12F3N3O5S/c1-27-12-5-2-8(6-10(12)14(24)25)21-15(26)23-16-22-11-4-3-9(7-13(11)29-16)28-17(18,19)20/h2-7H,1H3,(H,24,25)(H2,21,22,23,26). The predicted molar refractivity (Wildman–Crippen MR) is 98.9 cm³/mol. The van der Waals surface area contributed by atoms with Crippen LogP contribution in [0.3, 0.4) is 0 Å². The van der Waals surface area contributed by atoms with E-state index in [1.165, 1.54) is 31.4 Å². The number of hydrogen-bond acceptors (Lipinski definition) is 6. The van der Waals surface area contributed by atoms with Crippen LogP contribution in [0.2, 0.25) is 0 Å². The number of amides is 2. The van der Waals surface area contributed by atoms with Gasteiger partial charge in [-0.05, 0) is 30.3 Å². The van der Waals surface area contributed by atoms with Gasteiger partial charge in [0.05, 0.1) is 17.3 Å². The Hall–Kier alpha value is -3.54. The minimum atomic E-state index is -4.81. The minimum absolute atomic E-state index is 0.131. The van der Waals surface area contributed by atoms with Crippen LogP contribution in [0.25, 0.3) is 10.2 Å². The molecule has 3 rings (SSSR count). The van der Waals surface area contributed by atoms with Crippen LogP contribution >= 0.6 is 11.3 Å². The summed E-state index contributed by atoms with van der Waals surface area (Å²) >= 11 is 0.946. The van der Waals surface area contributed by atoms with Crippen LogP contribution in [0, 0.1) is 0 Å². The maximum atomic E-state index is 12.3. The monoisotopic (exact) mass is 427 g/mol. The molecule has 0 saturated carbocycles. The van der Waals surface area contributed by atoms with E-state index in [-0.39, 0.29) is 22.1 Å². The summed E-state index contributed by atoms with van der Waals surface area (Å²) in [5.41, 5.74) is 0.433. The first-order valence-corrected chi connectivity index (χ1v) is 8.62. The molecule has 3 N–H and O–H groups in total. The van der Waals surface area contributed by atoms with Gasteiger partial charge in [-0.2, -0.15) is 0 Å². The van der Waals surface area contributed by atoms with Crippen molar-refractivity contribution in [3.63, 3.8) is 0 Å². The van der Waals surface area contributed by atoms with Crippen molar-refractivity contribution in [3.05, 3.63) is 42.0 Å². The van der Waals surface area contributed by atoms with Crippen LogP contribution in [-0.4, -0.2) is 35.6 Å². The van der Waals surface area contributed by atoms with Crippen molar-refractivity contribution < 1.29 is 37.3 Å². The molecule has 3 aromatic rings. The van der Waals surface area contributed by atoms with Gasteiger partial charge in [0.1, 0.15) is 17.1 Å². The summed E-state index contributed by atoms with van der Waals surface area (Å²) in [5, 5.41) is 14.2. The zero-order chi connectivity index (χ0) is 21.2. The van der Waals surface area contributed by atoms with E-state index in [0.717, 1.165) is 23.5 Å². The third-order valence-electron chi connectivity index (χ3n) is 3.50. The van der Waals surface area contributed by atoms with Gasteiger partial charge in [0.25, 0.3) is 0 Å². The van der Waals surface area contributed by atoms with Crippen LogP contribution in [-0.2, 0) is 0 Å². The number of methoxy groups -OCH3 is 1. The van der Waals surface area contributed by atoms with Crippen molar-refractivity contribution in [1.82, 2.24) is 4.98 Å². The van der Waals surface area contributed by atoms with E-state index >= 15 is 0 Å². The van der Waals surface area contributed by atoms with Gasteiger partial charge in [-0.25, -0.2) is 14.6 Å². The van der Waals surface area contributed by atoms with Crippen LogP contribution < -0.4 is 20.1 Å². The van der Waals surface area contributed by atoms with Crippen molar-refractivity contribution in [2.75, 3.05) is 17.7 Å². The number of fused-ring (bicyclic) bond motifs is 1. The number of carbonyl (C=O) groups excluding carboxylic acids is 1. The Bertz CT molecular complexity index is 1080. The number of rotatable bonds is 5. The number of urea groups is 1. The number of hydrogen-bond donors (Lipinski definition) is 3. The fourth-order valence-corrected chi connectivity index (χ4v) is 3.26. The lowest BCUT2D eigenvalue weighted by atomic mass is 10.2. The minimum Gasteiger partial charge on any atom is -0.496 e. The van der Waals surface area contributed by atoms with Crippen molar-refractivity contribution in [2.24, 2.45) is 0 Å². The Morgan fingerprint density at radius 3 is 2.55 bits per heavy atom. The van der Waals surface area contributed by atoms with Gasteiger partial charge in [0, 0.05) is 11.8 Å². The Morgan fingerprint density at radius 2 is 1.90 bits per heavy atom. The second kappa shape index (κ2) is 7.83. The number of nitrogens with one attached hydrogen (secondary N) is 2. The fraction of sp³-hybridized carbons (Fsp3) is 0.118. The smallest absolute Gasteiger partial charge is 0.496 e. The van der Waals surface area contributed by atoms with E-state index < -0.39 is 24.1 Å². The number of aromatic carboxylic acids is 1. The number of thiazole rings is 1. The number of ether oxygens (including phenoxy) is 2. The first kappa shape index (κ1) is 20.2. The average Bonchev–Trinajstić information content (AvgIpc) is 3.01. The largest absolute Gasteiger partial charge is 0.573 e. The zero-order valence-corrected chi connectivity index (χ0v) is 15.4. The third-order valence-corrected chi connectivity index (χ3v) is 4.44. The highest BCUT2D eigenvalue weighted by molar-refractivity contribution is 7.22. The molecular formula is C17H12F3N3O5S. The molecule has 0 aliphatic rings. The number of benzene rings is 2. The third kappa shape index (κ3) is 5.04. The topological polar surface area (TPSA) is 110 Å². The number of carbonyl (C=O) groups is 2. The first-order valence-electron chi connectivity index (χ1n) is 7.80. The van der Waals surface area contributed by atoms with Crippen molar-refractivity contribution in [3.8, 4) is 11.5 Å². The Labute approximate surface area is 164 Å². The molecule has 152 valence electrons. The fourth-order valence-electron chi connectivity index (χ4n) is 2.37. The van der Waals surface area contributed by atoms with Gasteiger partial charge in [0.2, 0.25) is 0 Å². The lowest BCUT2D eigenvalue weighted by molar-refractivity contribution is -0.274. The lowest BCUT2D eigenvalue weighted by Crippen LogP contribution is -2.19. The zero-order valence-electron chi connectivity index (χ0n) is 14.5. The molecule has 0 aliphatic carbocycles. The molecule has 2 aromatic carbocycles. The molecule has 0 spiro atoms. The second-order valence-corrected chi connectivity index (χ2v) is 6.53. The number of halogens is 3. The number of carboxylic acid groups (broad SMARTS) is 1. The molecule has 0 radical (unpaired) electrons. The highest BCUT2D eigenvalue weighted by Gasteiger charge is 2.31. The molecular weight excluding hydrogens is 415 g/mol. The summed E-state index contributed by atoms with van der Waals surface area (Å²) in [5.74, 6) is -1.50. The summed E-state index contributed by atoms with van der Waals surface area (Å²) in [4.78, 5) is 27.5. The van der Waals surface area contributed by atoms with E-state index in [0.29, 0.717) is 10.2 Å². The summed E-state index contributed by atoms with van der Waals surface area (Å²) in [7, 11) is 1.32. The van der Waals surface area contributed by atoms with E-state index in [1.54, 1.807) is 0 Å². The Kier molecular flexibility index (Phi) is 5.46. The molecule has 1 aromatic heterocycles. The molecule has 29 heavy (non-hydrogen) atoms. The molecule has 2 amide bonds. The van der Waals surface area contributed by atoms with Gasteiger partial charge in [-0.3, -0.25) is 5.32 Å². The predicted octanol–water partition coefficient (Wildman–Crippen LogP) is 4.55. The first-order chi connectivity index (χ1) is 13.6. The summed E-state index contributed by atoms with van der Waals surface area (Å²) in [6.07, 6.45) is -4.81. The highest BCUT2D eigenvalue weighted by Crippen LogP contribution is 2.31. The van der Waals surface area contributed by atoms with Crippen LogP contribution in [0.5, 0.6) is 11.5 Å². The number of alkyl halides is 3. The van der Waals surface area contributed by atoms with Crippen LogP contribution in [0.1, 0.15) is 10.4 Å². The number of carboxylic acids is 1. The maximum absolute atomic E-state index is 12.3. The van der Waals surface area contributed by atoms with Gasteiger partial charge in [0.15, 0.2) is 5.13 Å². The van der Waals surface area contributed by atoms with Crippen molar-refractivity contribution in [1.29, 1.82) is 0 Å². The van der Waals surface area contributed by atoms with Gasteiger partial charge >= 0.3 is 18.4 Å². The van der Waals surface area contributed by atoms with Gasteiger partial charge < -0.3 is 19.9 Å². The summed E-state index contributed by atoms with van der Waals surface area (Å²) in [6, 6.07) is 6.95. The van der Waals surface area contributed by atoms with Crippen LogP contribution in [0.15, 0.2) is 36.4 Å². The number of nitrogens with zero attached hydrogens (tertiary/aromatic N) is 1. The molecule has 0 bridgehead atoms. The molecule has 1 heterocycles. The van der Waals surface area contributed by atoms with Gasteiger partial charge in [-0.15, -0.1) is 13.2 Å². The maximum Gasteiger partial charge on any atom is 0.573 e. The second-order valence-electron chi connectivity index (χ2n) is 5.50. The van der Waals surface area contributed by atoms with Crippen LogP contribution in [0.4, 0.5) is 28.8 Å². The molecule has 0 saturated heterocycles. The average molecular weight is 427 g/mol. The molecule has 8 nitrogen and oxygen atoms in total. The van der Waals surface area contributed by atoms with Gasteiger partial charge in [-0.1, -0.05) is 11.3 Å². The number of aromatic nitrogens is 1. The SMILES string of the molecule is COc1ccc(NC(=O)Nc2nc3ccc(OC(F)(F)F)cc3s2)cc1C(=O)O. The van der Waals surface area contributed by atoms with E-state index in [2.05, 4.69) is 20.4 Å². The molecule has 0 atom stereocenters. The number of anilines is 2. The Balaban J connectivity index is 1.73. The summed E-state index contributed by atoms with van der Waals surface area (Å²) < 4.78 is 46.1. The van der Waals surface area contributed by atoms with E-state index in [9.17, 15) is 22.8 Å². The van der Waals surface area contributed by atoms with Crippen molar-refractivity contribution >= 4 is 44.4 Å². The molecule has 0 unspecified atom stereocenters. The Morgan fingerprint density at radius 1 is 1.14 bits per heavy atom. The molecule has 12 heteroatoms. The van der Waals surface area contributed by atoms with E-state index in [1.807, 2.05) is 0 Å². The summed E-state index contributed by atoms with van der Waals surface area (Å²) in [6.45, 7) is 0. The van der Waals surface area contributed by atoms with E-state index in [4.69, 9.17) is 9.84 Å². The highest BCUT2D eigenvalue weighted by atomic mass is 32.1. The normalized spacial score (nSPS) is 11.2. The molecule has 0 fully saturated rings. The lowest BCUT2D eigenvalue weighted by Gasteiger charge is -2.09. The molecule has 0 aliphatic heterocycles.